The third-order valence-corrected chi connectivity index (χ3v) is 3.96. The average molecular weight is 377 g/mol. The third-order valence-electron chi connectivity index (χ3n) is 3.96. The van der Waals surface area contributed by atoms with Crippen LogP contribution in [0.3, 0.4) is 0 Å². The van der Waals surface area contributed by atoms with Gasteiger partial charge in [0.15, 0.2) is 11.3 Å². The Morgan fingerprint density at radius 3 is 2.96 bits per heavy atom. The number of anilines is 1. The van der Waals surface area contributed by atoms with Crippen molar-refractivity contribution in [1.29, 1.82) is 0 Å². The topological polar surface area (TPSA) is 119 Å². The lowest BCUT2D eigenvalue weighted by molar-refractivity contribution is -0.139. The van der Waals surface area contributed by atoms with Gasteiger partial charge >= 0.3 is 5.97 Å². The molecule has 2 N–H and O–H groups in total. The number of esters is 1. The Balaban J connectivity index is 1.70. The minimum atomic E-state index is -0.768. The molecule has 0 aromatic carbocycles. The molecule has 9 nitrogen and oxygen atoms in total. The van der Waals surface area contributed by atoms with E-state index in [-0.39, 0.29) is 23.8 Å². The van der Waals surface area contributed by atoms with E-state index >= 15 is 0 Å². The Labute approximate surface area is 159 Å². The number of aromatic nitrogens is 4. The summed E-state index contributed by atoms with van der Waals surface area (Å²) in [5, 5.41) is 3.68. The molecule has 4 heterocycles. The molecule has 4 rings (SSSR count). The van der Waals surface area contributed by atoms with Gasteiger partial charge in [-0.05, 0) is 25.1 Å². The summed E-state index contributed by atoms with van der Waals surface area (Å²) in [5.41, 5.74) is 1.64. The number of pyridine rings is 1. The fourth-order valence-corrected chi connectivity index (χ4v) is 2.74. The summed E-state index contributed by atoms with van der Waals surface area (Å²) in [6, 6.07) is 3.66. The largest absolute Gasteiger partial charge is 0.462 e. The van der Waals surface area contributed by atoms with E-state index in [1.165, 1.54) is 18.7 Å². The second-order valence-electron chi connectivity index (χ2n) is 5.76. The zero-order valence-corrected chi connectivity index (χ0v) is 14.8. The molecule has 0 aliphatic carbocycles. The van der Waals surface area contributed by atoms with Crippen LogP contribution in [0.1, 0.15) is 12.5 Å². The smallest absolute Gasteiger partial charge is 0.347 e. The number of hydrogen-bond donors (Lipinski definition) is 2. The van der Waals surface area contributed by atoms with Crippen LogP contribution in [0.15, 0.2) is 60.5 Å². The van der Waals surface area contributed by atoms with Crippen molar-refractivity contribution in [3.05, 3.63) is 66.0 Å². The average Bonchev–Trinajstić information content (AvgIpc) is 3.24. The number of rotatable bonds is 5. The van der Waals surface area contributed by atoms with Gasteiger partial charge in [0.2, 0.25) is 11.7 Å². The number of ketones is 1. The zero-order chi connectivity index (χ0) is 19.5. The highest BCUT2D eigenvalue weighted by Gasteiger charge is 2.37. The summed E-state index contributed by atoms with van der Waals surface area (Å²) in [6.07, 6.45) is 9.27. The fourth-order valence-electron chi connectivity index (χ4n) is 2.74. The highest BCUT2D eigenvalue weighted by Crippen LogP contribution is 2.29. The van der Waals surface area contributed by atoms with Gasteiger partial charge < -0.3 is 19.8 Å². The molecule has 9 heteroatoms. The van der Waals surface area contributed by atoms with Crippen LogP contribution < -0.4 is 5.32 Å². The van der Waals surface area contributed by atoms with Gasteiger partial charge in [0.25, 0.3) is 0 Å². The summed E-state index contributed by atoms with van der Waals surface area (Å²) >= 11 is 0. The normalized spacial score (nSPS) is 15.2. The van der Waals surface area contributed by atoms with Crippen molar-refractivity contribution in [2.75, 3.05) is 11.9 Å². The third kappa shape index (κ3) is 3.20. The number of aromatic amines is 1. The van der Waals surface area contributed by atoms with Gasteiger partial charge in [-0.15, -0.1) is 0 Å². The first-order valence-corrected chi connectivity index (χ1v) is 8.47. The number of ether oxygens (including phenoxy) is 2. The van der Waals surface area contributed by atoms with Crippen molar-refractivity contribution >= 4 is 34.5 Å². The highest BCUT2D eigenvalue weighted by atomic mass is 16.5. The van der Waals surface area contributed by atoms with E-state index in [4.69, 9.17) is 9.47 Å². The first-order valence-electron chi connectivity index (χ1n) is 8.47. The lowest BCUT2D eigenvalue weighted by atomic mass is 10.1. The molecule has 0 atom stereocenters. The number of Topliss-reactive ketones (excluding diaryl/α,β-unsaturated/α-hetero) is 1. The van der Waals surface area contributed by atoms with E-state index in [0.717, 1.165) is 5.39 Å². The molecule has 0 saturated carbocycles. The molecule has 0 amide bonds. The van der Waals surface area contributed by atoms with E-state index < -0.39 is 11.8 Å². The van der Waals surface area contributed by atoms with Crippen molar-refractivity contribution < 1.29 is 19.1 Å². The minimum absolute atomic E-state index is 0.00726. The number of hydrogen-bond acceptors (Lipinski definition) is 8. The Morgan fingerprint density at radius 1 is 1.36 bits per heavy atom. The first-order chi connectivity index (χ1) is 13.7. The predicted molar refractivity (Wildman–Crippen MR) is 99.5 cm³/mol. The van der Waals surface area contributed by atoms with Gasteiger partial charge in [-0.25, -0.2) is 19.7 Å². The molecule has 0 bridgehead atoms. The molecule has 3 aromatic heterocycles. The van der Waals surface area contributed by atoms with Gasteiger partial charge in [0, 0.05) is 23.3 Å². The van der Waals surface area contributed by atoms with Crippen LogP contribution in [0, 0.1) is 0 Å². The van der Waals surface area contributed by atoms with Crippen molar-refractivity contribution in [1.82, 2.24) is 19.9 Å². The molecule has 1 aliphatic rings. The Bertz CT molecular complexity index is 1120. The molecule has 0 fully saturated rings. The fraction of sp³-hybridized carbons (Fsp3) is 0.105. The van der Waals surface area contributed by atoms with Crippen LogP contribution in [-0.2, 0) is 19.1 Å². The maximum absolute atomic E-state index is 12.8. The lowest BCUT2D eigenvalue weighted by Gasteiger charge is -2.07. The standard InChI is InChI=1S/C19H15N5O4/c1-2-27-19(26)15-16(25)14(28-18(15)24-12-8-20-10-21-9-12)6-11-7-23-17-13(11)4-3-5-22-17/h3-10,24H,2H2,1H3,(H,22,23)/b14-6-. The van der Waals surface area contributed by atoms with Crippen molar-refractivity contribution in [2.24, 2.45) is 0 Å². The van der Waals surface area contributed by atoms with Crippen molar-refractivity contribution in [3.8, 4) is 0 Å². The second kappa shape index (κ2) is 7.31. The minimum Gasteiger partial charge on any atom is -0.462 e. The van der Waals surface area contributed by atoms with Gasteiger partial charge in [-0.3, -0.25) is 4.79 Å². The maximum atomic E-state index is 12.8. The molecule has 0 unspecified atom stereocenters. The highest BCUT2D eigenvalue weighted by molar-refractivity contribution is 6.26. The molecular weight excluding hydrogens is 362 g/mol. The Kier molecular flexibility index (Phi) is 4.55. The van der Waals surface area contributed by atoms with Crippen LogP contribution in [0.4, 0.5) is 5.69 Å². The molecule has 3 aromatic rings. The van der Waals surface area contributed by atoms with Crippen LogP contribution in [-0.4, -0.2) is 38.3 Å². The Hall–Kier alpha value is -4.01. The first kappa shape index (κ1) is 17.4. The van der Waals surface area contributed by atoms with Gasteiger partial charge in [-0.1, -0.05) is 0 Å². The molecule has 28 heavy (non-hydrogen) atoms. The maximum Gasteiger partial charge on any atom is 0.347 e. The van der Waals surface area contributed by atoms with Gasteiger partial charge in [-0.2, -0.15) is 0 Å². The van der Waals surface area contributed by atoms with Crippen LogP contribution in [0.5, 0.6) is 0 Å². The number of carbonyl (C=O) groups is 2. The van der Waals surface area contributed by atoms with E-state index in [2.05, 4.69) is 25.3 Å². The molecule has 0 radical (unpaired) electrons. The number of nitrogens with one attached hydrogen (secondary N) is 2. The predicted octanol–water partition coefficient (Wildman–Crippen LogP) is 2.18. The second-order valence-corrected chi connectivity index (χ2v) is 5.76. The molecule has 0 spiro atoms. The number of allylic oxidation sites excluding steroid dienone is 1. The van der Waals surface area contributed by atoms with Crippen LogP contribution >= 0.6 is 0 Å². The van der Waals surface area contributed by atoms with Gasteiger partial charge in [0.1, 0.15) is 12.0 Å². The number of carbonyl (C=O) groups excluding carboxylic acids is 2. The summed E-state index contributed by atoms with van der Waals surface area (Å²) in [6.45, 7) is 1.79. The monoisotopic (exact) mass is 377 g/mol. The van der Waals surface area contributed by atoms with Crippen LogP contribution in [0.2, 0.25) is 0 Å². The molecule has 0 saturated heterocycles. The van der Waals surface area contributed by atoms with E-state index in [1.807, 2.05) is 6.07 Å². The molecule has 140 valence electrons. The molecular formula is C19H15N5O4. The van der Waals surface area contributed by atoms with Crippen LogP contribution in [0.25, 0.3) is 17.1 Å². The zero-order valence-electron chi connectivity index (χ0n) is 14.8. The molecule has 1 aliphatic heterocycles. The summed E-state index contributed by atoms with van der Waals surface area (Å²) in [4.78, 5) is 40.2. The number of H-pyrrole nitrogens is 1. The number of fused-ring (bicyclic) bond motifs is 1. The summed E-state index contributed by atoms with van der Waals surface area (Å²) < 4.78 is 10.7. The van der Waals surface area contributed by atoms with E-state index in [1.54, 1.807) is 31.5 Å². The van der Waals surface area contributed by atoms with Gasteiger partial charge in [0.05, 0.1) is 24.7 Å². The summed E-state index contributed by atoms with van der Waals surface area (Å²) in [5.74, 6) is -1.37. The van der Waals surface area contributed by atoms with Crippen molar-refractivity contribution in [3.63, 3.8) is 0 Å². The Morgan fingerprint density at radius 2 is 2.18 bits per heavy atom. The SMILES string of the molecule is CCOC(=O)C1=C(Nc2cncnc2)O/C(=C\c2c[nH]c3ncccc23)C1=O. The van der Waals surface area contributed by atoms with E-state index in [0.29, 0.717) is 16.9 Å². The van der Waals surface area contributed by atoms with Crippen molar-refractivity contribution in [2.45, 2.75) is 6.92 Å². The lowest BCUT2D eigenvalue weighted by Crippen LogP contribution is -2.16. The summed E-state index contributed by atoms with van der Waals surface area (Å²) in [7, 11) is 0. The van der Waals surface area contributed by atoms with E-state index in [9.17, 15) is 9.59 Å². The number of nitrogens with zero attached hydrogens (tertiary/aromatic N) is 3. The quantitative estimate of drug-likeness (QED) is 0.394.